The van der Waals surface area contributed by atoms with E-state index in [2.05, 4.69) is 75.4 Å². The molecule has 0 spiro atoms. The molecule has 21 heavy (non-hydrogen) atoms. The van der Waals surface area contributed by atoms with Crippen LogP contribution in [-0.4, -0.2) is 11.7 Å². The fourth-order valence-electron chi connectivity index (χ4n) is 3.44. The van der Waals surface area contributed by atoms with E-state index < -0.39 is 0 Å². The second kappa shape index (κ2) is 5.65. The third-order valence-electron chi connectivity index (χ3n) is 4.56. The van der Waals surface area contributed by atoms with Gasteiger partial charge in [0.2, 0.25) is 0 Å². The van der Waals surface area contributed by atoms with Crippen molar-refractivity contribution in [2.45, 2.75) is 51.2 Å². The van der Waals surface area contributed by atoms with Gasteiger partial charge in [-0.25, -0.2) is 0 Å². The molecule has 0 amide bonds. The van der Waals surface area contributed by atoms with Gasteiger partial charge in [0.15, 0.2) is 0 Å². The van der Waals surface area contributed by atoms with Gasteiger partial charge in [0, 0.05) is 5.92 Å². The summed E-state index contributed by atoms with van der Waals surface area (Å²) in [6.45, 7) is 6.60. The minimum Gasteiger partial charge on any atom is -0.371 e. The molecule has 0 unspecified atom stereocenters. The highest BCUT2D eigenvalue weighted by atomic mass is 16.5. The highest BCUT2D eigenvalue weighted by Crippen LogP contribution is 2.41. The molecule has 1 saturated heterocycles. The Morgan fingerprint density at radius 1 is 1.00 bits per heavy atom. The number of hydrogen-bond acceptors (Lipinski definition) is 1. The Balaban J connectivity index is 2.02. The number of hydrogen-bond donors (Lipinski definition) is 0. The number of aryl methyl sites for hydroxylation is 1. The molecule has 1 heteroatoms. The van der Waals surface area contributed by atoms with Crippen LogP contribution in [0, 0.1) is 6.92 Å². The van der Waals surface area contributed by atoms with Crippen LogP contribution in [0.15, 0.2) is 54.6 Å². The van der Waals surface area contributed by atoms with Gasteiger partial charge in [0.1, 0.15) is 0 Å². The fraction of sp³-hybridized carbons (Fsp3) is 0.400. The molecule has 2 aromatic carbocycles. The molecule has 0 aliphatic carbocycles. The summed E-state index contributed by atoms with van der Waals surface area (Å²) in [4.78, 5) is 0. The van der Waals surface area contributed by atoms with E-state index in [-0.39, 0.29) is 11.7 Å². The zero-order chi connectivity index (χ0) is 14.9. The van der Waals surface area contributed by atoms with Crippen LogP contribution >= 0.6 is 0 Å². The monoisotopic (exact) mass is 280 g/mol. The van der Waals surface area contributed by atoms with Crippen LogP contribution in [0.2, 0.25) is 0 Å². The summed E-state index contributed by atoms with van der Waals surface area (Å²) in [5.41, 5.74) is 4.10. The second-order valence-electron chi connectivity index (χ2n) is 6.70. The van der Waals surface area contributed by atoms with Gasteiger partial charge in [-0.05, 0) is 50.3 Å². The maximum atomic E-state index is 6.37. The average Bonchev–Trinajstić information content (AvgIpc) is 2.82. The third-order valence-corrected chi connectivity index (χ3v) is 4.56. The summed E-state index contributed by atoms with van der Waals surface area (Å²) in [7, 11) is 0. The summed E-state index contributed by atoms with van der Waals surface area (Å²) in [6.07, 6.45) is 2.52. The minimum absolute atomic E-state index is 0.000379. The minimum atomic E-state index is 0.000379. The zero-order valence-corrected chi connectivity index (χ0v) is 13.2. The highest BCUT2D eigenvalue weighted by molar-refractivity contribution is 5.38. The fourth-order valence-corrected chi connectivity index (χ4v) is 3.44. The van der Waals surface area contributed by atoms with Gasteiger partial charge in [0.25, 0.3) is 0 Å². The molecule has 1 aliphatic rings. The van der Waals surface area contributed by atoms with Crippen molar-refractivity contribution < 1.29 is 4.74 Å². The van der Waals surface area contributed by atoms with E-state index in [9.17, 15) is 0 Å². The first-order valence-corrected chi connectivity index (χ1v) is 7.85. The van der Waals surface area contributed by atoms with Crippen LogP contribution in [0.1, 0.15) is 49.3 Å². The molecule has 0 aromatic heterocycles. The molecule has 0 saturated carbocycles. The summed E-state index contributed by atoms with van der Waals surface area (Å²) in [5, 5.41) is 0. The van der Waals surface area contributed by atoms with E-state index in [1.807, 2.05) is 0 Å². The quantitative estimate of drug-likeness (QED) is 0.761. The lowest BCUT2D eigenvalue weighted by molar-refractivity contribution is -0.0216. The summed E-state index contributed by atoms with van der Waals surface area (Å²) < 4.78 is 6.37. The van der Waals surface area contributed by atoms with Crippen LogP contribution in [-0.2, 0) is 4.74 Å². The third kappa shape index (κ3) is 3.03. The van der Waals surface area contributed by atoms with Crippen LogP contribution < -0.4 is 0 Å². The SMILES string of the molecule is Cc1ccccc1[C@@H](c1ccccc1)[C@@H]1CCC(C)(C)O1. The Morgan fingerprint density at radius 3 is 2.29 bits per heavy atom. The molecule has 3 rings (SSSR count). The Labute approximate surface area is 128 Å². The number of rotatable bonds is 3. The Hall–Kier alpha value is -1.60. The van der Waals surface area contributed by atoms with Crippen molar-refractivity contribution in [3.05, 3.63) is 71.3 Å². The lowest BCUT2D eigenvalue weighted by Gasteiger charge is -2.28. The number of benzene rings is 2. The largest absolute Gasteiger partial charge is 0.371 e. The molecule has 1 nitrogen and oxygen atoms in total. The van der Waals surface area contributed by atoms with E-state index in [1.165, 1.54) is 16.7 Å². The van der Waals surface area contributed by atoms with Crippen LogP contribution in [0.25, 0.3) is 0 Å². The molecule has 0 radical (unpaired) electrons. The van der Waals surface area contributed by atoms with Crippen molar-refractivity contribution in [2.24, 2.45) is 0 Å². The molecule has 0 N–H and O–H groups in total. The lowest BCUT2D eigenvalue weighted by Crippen LogP contribution is -2.25. The highest BCUT2D eigenvalue weighted by Gasteiger charge is 2.37. The van der Waals surface area contributed by atoms with E-state index in [4.69, 9.17) is 4.74 Å². The van der Waals surface area contributed by atoms with Gasteiger partial charge in [-0.3, -0.25) is 0 Å². The standard InChI is InChI=1S/C20H24O/c1-15-9-7-8-12-17(15)19(16-10-5-4-6-11-16)18-13-14-20(2,3)21-18/h4-12,18-19H,13-14H2,1-3H3/t18-,19+/m0/s1. The van der Waals surface area contributed by atoms with Gasteiger partial charge in [-0.2, -0.15) is 0 Å². The van der Waals surface area contributed by atoms with Crippen molar-refractivity contribution in [3.8, 4) is 0 Å². The topological polar surface area (TPSA) is 9.23 Å². The van der Waals surface area contributed by atoms with Crippen molar-refractivity contribution in [2.75, 3.05) is 0 Å². The van der Waals surface area contributed by atoms with Crippen molar-refractivity contribution in [1.82, 2.24) is 0 Å². The normalized spacial score (nSPS) is 22.1. The molecular formula is C20H24O. The molecule has 2 aromatic rings. The predicted molar refractivity (Wildman–Crippen MR) is 87.7 cm³/mol. The summed E-state index contributed by atoms with van der Waals surface area (Å²) >= 11 is 0. The van der Waals surface area contributed by atoms with Gasteiger partial charge in [-0.1, -0.05) is 54.6 Å². The molecule has 1 aliphatic heterocycles. The van der Waals surface area contributed by atoms with E-state index in [0.29, 0.717) is 5.92 Å². The first-order chi connectivity index (χ1) is 10.1. The van der Waals surface area contributed by atoms with Gasteiger partial charge in [-0.15, -0.1) is 0 Å². The van der Waals surface area contributed by atoms with Gasteiger partial charge < -0.3 is 4.74 Å². The smallest absolute Gasteiger partial charge is 0.0692 e. The lowest BCUT2D eigenvalue weighted by atomic mass is 9.83. The average molecular weight is 280 g/mol. The molecule has 2 atom stereocenters. The maximum Gasteiger partial charge on any atom is 0.0692 e. The van der Waals surface area contributed by atoms with Crippen LogP contribution in [0.4, 0.5) is 0 Å². The van der Waals surface area contributed by atoms with E-state index in [1.54, 1.807) is 0 Å². The molecule has 1 fully saturated rings. The molecular weight excluding hydrogens is 256 g/mol. The molecule has 110 valence electrons. The summed E-state index contributed by atoms with van der Waals surface area (Å²) in [6, 6.07) is 19.5. The predicted octanol–water partition coefficient (Wildman–Crippen LogP) is 5.08. The van der Waals surface area contributed by atoms with Crippen molar-refractivity contribution >= 4 is 0 Å². The first-order valence-electron chi connectivity index (χ1n) is 7.85. The Morgan fingerprint density at radius 2 is 1.67 bits per heavy atom. The summed E-state index contributed by atoms with van der Waals surface area (Å²) in [5.74, 6) is 0.328. The van der Waals surface area contributed by atoms with Crippen molar-refractivity contribution in [3.63, 3.8) is 0 Å². The van der Waals surface area contributed by atoms with Crippen LogP contribution in [0.5, 0.6) is 0 Å². The van der Waals surface area contributed by atoms with Crippen molar-refractivity contribution in [1.29, 1.82) is 0 Å². The maximum absolute atomic E-state index is 6.37. The van der Waals surface area contributed by atoms with E-state index in [0.717, 1.165) is 12.8 Å². The Kier molecular flexibility index (Phi) is 3.86. The Bertz CT molecular complexity index is 600. The molecule has 1 heterocycles. The van der Waals surface area contributed by atoms with Crippen LogP contribution in [0.3, 0.4) is 0 Å². The van der Waals surface area contributed by atoms with Gasteiger partial charge in [0.05, 0.1) is 11.7 Å². The van der Waals surface area contributed by atoms with E-state index >= 15 is 0 Å². The second-order valence-corrected chi connectivity index (χ2v) is 6.70. The molecule has 0 bridgehead atoms. The first kappa shape index (κ1) is 14.3. The number of ether oxygens (including phenoxy) is 1. The zero-order valence-electron chi connectivity index (χ0n) is 13.2. The van der Waals surface area contributed by atoms with Gasteiger partial charge >= 0.3 is 0 Å².